The lowest BCUT2D eigenvalue weighted by atomic mass is 10.1. The van der Waals surface area contributed by atoms with E-state index in [1.165, 1.54) is 17.3 Å². The zero-order valence-corrected chi connectivity index (χ0v) is 12.2. The van der Waals surface area contributed by atoms with Crippen molar-refractivity contribution < 1.29 is 0 Å². The highest BCUT2D eigenvalue weighted by Crippen LogP contribution is 2.23. The van der Waals surface area contributed by atoms with Gasteiger partial charge >= 0.3 is 0 Å². The minimum atomic E-state index is 0.326. The molecule has 0 radical (unpaired) electrons. The molecule has 0 saturated carbocycles. The Morgan fingerprint density at radius 3 is 2.47 bits per heavy atom. The number of nitrogens with one attached hydrogen (secondary N) is 1. The Bertz CT molecular complexity index is 510. The summed E-state index contributed by atoms with van der Waals surface area (Å²) >= 11 is 1.48. The topological polar surface area (TPSA) is 50.7 Å². The van der Waals surface area contributed by atoms with E-state index in [0.29, 0.717) is 6.04 Å². The second-order valence-electron chi connectivity index (χ2n) is 4.35. The predicted octanol–water partition coefficient (Wildman–Crippen LogP) is 3.00. The monoisotopic (exact) mass is 274 g/mol. The first-order valence-electron chi connectivity index (χ1n) is 6.35. The first-order chi connectivity index (χ1) is 9.19. The van der Waals surface area contributed by atoms with Gasteiger partial charge in [0.25, 0.3) is 0 Å². The van der Waals surface area contributed by atoms with Crippen molar-refractivity contribution in [1.29, 1.82) is 0 Å². The third kappa shape index (κ3) is 4.01. The van der Waals surface area contributed by atoms with Gasteiger partial charge in [0.05, 0.1) is 0 Å². The third-order valence-electron chi connectivity index (χ3n) is 2.72. The summed E-state index contributed by atoms with van der Waals surface area (Å²) in [5.41, 5.74) is 2.25. The van der Waals surface area contributed by atoms with E-state index in [1.54, 1.807) is 0 Å². The van der Waals surface area contributed by atoms with Crippen LogP contribution in [0.3, 0.4) is 0 Å². The molecule has 19 heavy (non-hydrogen) atoms. The lowest BCUT2D eigenvalue weighted by Gasteiger charge is -2.12. The van der Waals surface area contributed by atoms with Gasteiger partial charge in [0, 0.05) is 24.6 Å². The molecule has 1 unspecified atom stereocenters. The normalized spacial score (nSPS) is 12.4. The average Bonchev–Trinajstić information content (AvgIpc) is 2.42. The molecular formula is C14H18N4S. The Kier molecular flexibility index (Phi) is 4.87. The molecule has 2 aromatic rings. The van der Waals surface area contributed by atoms with E-state index in [4.69, 9.17) is 0 Å². The molecule has 2 rings (SSSR count). The van der Waals surface area contributed by atoms with Crippen molar-refractivity contribution in [2.24, 2.45) is 0 Å². The standard InChI is InChI=1S/C14H18N4S/c1-4-15-11(3)12-5-6-13(16-9-12)19-14-17-7-10(2)8-18-14/h5-9,11,15H,4H2,1-3H3. The fourth-order valence-corrected chi connectivity index (χ4v) is 2.30. The predicted molar refractivity (Wildman–Crippen MR) is 77.2 cm³/mol. The summed E-state index contributed by atoms with van der Waals surface area (Å²) in [6.07, 6.45) is 5.54. The molecule has 1 N–H and O–H groups in total. The third-order valence-corrected chi connectivity index (χ3v) is 3.57. The lowest BCUT2D eigenvalue weighted by Crippen LogP contribution is -2.17. The summed E-state index contributed by atoms with van der Waals surface area (Å²) in [5, 5.41) is 5.01. The maximum absolute atomic E-state index is 4.44. The number of aryl methyl sites for hydroxylation is 1. The van der Waals surface area contributed by atoms with E-state index < -0.39 is 0 Å². The summed E-state index contributed by atoms with van der Waals surface area (Å²) in [7, 11) is 0. The Hall–Kier alpha value is -1.46. The molecule has 0 fully saturated rings. The molecule has 0 aromatic carbocycles. The highest BCUT2D eigenvalue weighted by Gasteiger charge is 2.06. The quantitative estimate of drug-likeness (QED) is 0.849. The summed E-state index contributed by atoms with van der Waals surface area (Å²) < 4.78 is 0. The molecule has 2 aromatic heterocycles. The number of pyridine rings is 1. The van der Waals surface area contributed by atoms with E-state index >= 15 is 0 Å². The van der Waals surface area contributed by atoms with Gasteiger partial charge in [0.15, 0.2) is 5.16 Å². The molecule has 0 aliphatic heterocycles. The van der Waals surface area contributed by atoms with Crippen molar-refractivity contribution in [3.8, 4) is 0 Å². The van der Waals surface area contributed by atoms with Crippen molar-refractivity contribution in [2.45, 2.75) is 37.0 Å². The van der Waals surface area contributed by atoms with Crippen LogP contribution in [0.25, 0.3) is 0 Å². The smallest absolute Gasteiger partial charge is 0.193 e. The fraction of sp³-hybridized carbons (Fsp3) is 0.357. The molecule has 5 heteroatoms. The first-order valence-corrected chi connectivity index (χ1v) is 7.16. The summed E-state index contributed by atoms with van der Waals surface area (Å²) in [6.45, 7) is 7.16. The molecule has 1 atom stereocenters. The molecule has 2 heterocycles. The molecule has 0 bridgehead atoms. The van der Waals surface area contributed by atoms with Crippen LogP contribution in [0.1, 0.15) is 31.0 Å². The van der Waals surface area contributed by atoms with Crippen LogP contribution in [0, 0.1) is 6.92 Å². The number of hydrogen-bond donors (Lipinski definition) is 1. The van der Waals surface area contributed by atoms with Crippen LogP contribution < -0.4 is 5.32 Å². The fourth-order valence-electron chi connectivity index (χ4n) is 1.66. The highest BCUT2D eigenvalue weighted by molar-refractivity contribution is 7.99. The minimum absolute atomic E-state index is 0.326. The second-order valence-corrected chi connectivity index (χ2v) is 5.34. The summed E-state index contributed by atoms with van der Waals surface area (Å²) in [5.74, 6) is 0. The maximum atomic E-state index is 4.44. The highest BCUT2D eigenvalue weighted by atomic mass is 32.2. The van der Waals surface area contributed by atoms with Crippen LogP contribution in [0.4, 0.5) is 0 Å². The van der Waals surface area contributed by atoms with E-state index in [-0.39, 0.29) is 0 Å². The Morgan fingerprint density at radius 2 is 1.89 bits per heavy atom. The van der Waals surface area contributed by atoms with E-state index in [9.17, 15) is 0 Å². The first kappa shape index (κ1) is 14.0. The van der Waals surface area contributed by atoms with Crippen LogP contribution in [0.5, 0.6) is 0 Å². The number of aromatic nitrogens is 3. The van der Waals surface area contributed by atoms with Gasteiger partial charge in [-0.2, -0.15) is 0 Å². The number of rotatable bonds is 5. The second kappa shape index (κ2) is 6.63. The van der Waals surface area contributed by atoms with Crippen LogP contribution in [-0.4, -0.2) is 21.5 Å². The van der Waals surface area contributed by atoms with Gasteiger partial charge in [-0.15, -0.1) is 0 Å². The number of nitrogens with zero attached hydrogens (tertiary/aromatic N) is 3. The van der Waals surface area contributed by atoms with E-state index in [1.807, 2.05) is 31.6 Å². The van der Waals surface area contributed by atoms with Gasteiger partial charge in [-0.1, -0.05) is 13.0 Å². The zero-order chi connectivity index (χ0) is 13.7. The van der Waals surface area contributed by atoms with Gasteiger partial charge in [0.1, 0.15) is 5.03 Å². The zero-order valence-electron chi connectivity index (χ0n) is 11.4. The van der Waals surface area contributed by atoms with Crippen LogP contribution >= 0.6 is 11.8 Å². The van der Waals surface area contributed by atoms with Crippen molar-refractivity contribution in [1.82, 2.24) is 20.3 Å². The van der Waals surface area contributed by atoms with Crippen LogP contribution in [0.2, 0.25) is 0 Å². The molecule has 0 spiro atoms. The van der Waals surface area contributed by atoms with Crippen molar-refractivity contribution in [3.05, 3.63) is 41.9 Å². The average molecular weight is 274 g/mol. The van der Waals surface area contributed by atoms with Gasteiger partial charge in [-0.05, 0) is 49.3 Å². The molecule has 4 nitrogen and oxygen atoms in total. The van der Waals surface area contributed by atoms with Crippen LogP contribution in [0.15, 0.2) is 40.9 Å². The van der Waals surface area contributed by atoms with Crippen molar-refractivity contribution in [3.63, 3.8) is 0 Å². The Morgan fingerprint density at radius 1 is 1.16 bits per heavy atom. The molecule has 100 valence electrons. The van der Waals surface area contributed by atoms with Gasteiger partial charge in [-0.25, -0.2) is 15.0 Å². The van der Waals surface area contributed by atoms with E-state index in [2.05, 4.69) is 40.2 Å². The van der Waals surface area contributed by atoms with Gasteiger partial charge < -0.3 is 5.32 Å². The largest absolute Gasteiger partial charge is 0.310 e. The van der Waals surface area contributed by atoms with Gasteiger partial charge in [0.2, 0.25) is 0 Å². The molecule has 0 saturated heterocycles. The maximum Gasteiger partial charge on any atom is 0.193 e. The molecular weight excluding hydrogens is 256 g/mol. The van der Waals surface area contributed by atoms with Gasteiger partial charge in [-0.3, -0.25) is 0 Å². The Balaban J connectivity index is 2.04. The van der Waals surface area contributed by atoms with E-state index in [0.717, 1.165) is 22.3 Å². The molecule has 0 amide bonds. The minimum Gasteiger partial charge on any atom is -0.310 e. The Labute approximate surface area is 118 Å². The lowest BCUT2D eigenvalue weighted by molar-refractivity contribution is 0.595. The summed E-state index contributed by atoms with van der Waals surface area (Å²) in [4.78, 5) is 13.0. The number of hydrogen-bond acceptors (Lipinski definition) is 5. The SMILES string of the molecule is CCNC(C)c1ccc(Sc2ncc(C)cn2)nc1. The summed E-state index contributed by atoms with van der Waals surface area (Å²) in [6, 6.07) is 4.43. The molecule has 0 aliphatic rings. The van der Waals surface area contributed by atoms with Crippen molar-refractivity contribution >= 4 is 11.8 Å². The van der Waals surface area contributed by atoms with Crippen molar-refractivity contribution in [2.75, 3.05) is 6.54 Å². The molecule has 0 aliphatic carbocycles. The van der Waals surface area contributed by atoms with Crippen LogP contribution in [-0.2, 0) is 0 Å².